The number of rotatable bonds is 3. The van der Waals surface area contributed by atoms with E-state index in [4.69, 9.17) is 11.6 Å². The van der Waals surface area contributed by atoms with E-state index >= 15 is 0 Å². The quantitative estimate of drug-likeness (QED) is 0.743. The fourth-order valence-corrected chi connectivity index (χ4v) is 2.78. The lowest BCUT2D eigenvalue weighted by Gasteiger charge is -2.16. The molecule has 17 heavy (non-hydrogen) atoms. The third-order valence-corrected chi connectivity index (χ3v) is 4.01. The lowest BCUT2D eigenvalue weighted by Crippen LogP contribution is -2.13. The summed E-state index contributed by atoms with van der Waals surface area (Å²) >= 11 is 6.18. The van der Waals surface area contributed by atoms with Crippen molar-refractivity contribution in [1.82, 2.24) is 0 Å². The molecule has 1 nitrogen and oxygen atoms in total. The van der Waals surface area contributed by atoms with E-state index in [0.717, 1.165) is 23.2 Å². The fourth-order valence-electron chi connectivity index (χ4n) is 2.60. The summed E-state index contributed by atoms with van der Waals surface area (Å²) in [4.78, 5) is 0. The largest absolute Gasteiger partial charge is 0.384 e. The van der Waals surface area contributed by atoms with Crippen LogP contribution in [0.15, 0.2) is 18.2 Å². The van der Waals surface area contributed by atoms with E-state index < -0.39 is 0 Å². The van der Waals surface area contributed by atoms with Crippen LogP contribution in [0.1, 0.15) is 44.1 Å². The van der Waals surface area contributed by atoms with Crippen LogP contribution in [-0.2, 0) is 0 Å². The molecule has 1 aliphatic carbocycles. The molecule has 0 bridgehead atoms. The van der Waals surface area contributed by atoms with Crippen LogP contribution in [-0.4, -0.2) is 6.54 Å². The highest BCUT2D eigenvalue weighted by Gasteiger charge is 2.12. The van der Waals surface area contributed by atoms with Crippen molar-refractivity contribution in [2.75, 3.05) is 11.9 Å². The first kappa shape index (κ1) is 12.8. The van der Waals surface area contributed by atoms with Crippen molar-refractivity contribution in [1.29, 1.82) is 0 Å². The third-order valence-electron chi connectivity index (χ3n) is 3.68. The van der Waals surface area contributed by atoms with Gasteiger partial charge in [0.2, 0.25) is 0 Å². The smallest absolute Gasteiger partial charge is 0.0637 e. The Bertz CT molecular complexity index is 354. The van der Waals surface area contributed by atoms with E-state index in [0.29, 0.717) is 0 Å². The molecule has 0 saturated heterocycles. The first-order valence-corrected chi connectivity index (χ1v) is 7.13. The molecular formula is C15H22ClN. The fraction of sp³-hybridized carbons (Fsp3) is 0.600. The number of halogens is 1. The van der Waals surface area contributed by atoms with Crippen LogP contribution in [0, 0.1) is 12.8 Å². The van der Waals surface area contributed by atoms with Crippen LogP contribution in [0.3, 0.4) is 0 Å². The molecule has 0 amide bonds. The Balaban J connectivity index is 1.89. The van der Waals surface area contributed by atoms with Crippen LogP contribution < -0.4 is 5.32 Å². The van der Waals surface area contributed by atoms with E-state index in [1.54, 1.807) is 0 Å². The van der Waals surface area contributed by atoms with Crippen molar-refractivity contribution in [3.8, 4) is 0 Å². The standard InChI is InChI=1S/C15H22ClN/c1-12-8-9-14(16)15(10-12)17-11-13-6-4-2-3-5-7-13/h8-10,13,17H,2-7,11H2,1H3. The molecule has 0 aliphatic heterocycles. The van der Waals surface area contributed by atoms with Gasteiger partial charge >= 0.3 is 0 Å². The van der Waals surface area contributed by atoms with E-state index in [-0.39, 0.29) is 0 Å². The van der Waals surface area contributed by atoms with Crippen LogP contribution in [0.4, 0.5) is 5.69 Å². The average Bonchev–Trinajstić information content (AvgIpc) is 2.59. The predicted molar refractivity (Wildman–Crippen MR) is 75.9 cm³/mol. The normalized spacial score (nSPS) is 17.8. The molecule has 1 aliphatic rings. The molecule has 0 spiro atoms. The first-order valence-electron chi connectivity index (χ1n) is 6.76. The Morgan fingerprint density at radius 3 is 2.59 bits per heavy atom. The molecular weight excluding hydrogens is 230 g/mol. The number of hydrogen-bond donors (Lipinski definition) is 1. The second kappa shape index (κ2) is 6.30. The monoisotopic (exact) mass is 251 g/mol. The summed E-state index contributed by atoms with van der Waals surface area (Å²) in [5.74, 6) is 0.828. The van der Waals surface area contributed by atoms with Crippen molar-refractivity contribution < 1.29 is 0 Å². The molecule has 94 valence electrons. The number of benzene rings is 1. The Kier molecular flexibility index (Phi) is 4.73. The number of anilines is 1. The van der Waals surface area contributed by atoms with Gasteiger partial charge in [0.1, 0.15) is 0 Å². The Morgan fingerprint density at radius 1 is 1.18 bits per heavy atom. The summed E-state index contributed by atoms with van der Waals surface area (Å²) < 4.78 is 0. The maximum atomic E-state index is 6.18. The Hall–Kier alpha value is -0.690. The third kappa shape index (κ3) is 3.92. The lowest BCUT2D eigenvalue weighted by molar-refractivity contribution is 0.483. The van der Waals surface area contributed by atoms with Gasteiger partial charge in [0.15, 0.2) is 0 Å². The molecule has 0 radical (unpaired) electrons. The number of nitrogens with one attached hydrogen (secondary N) is 1. The second-order valence-corrected chi connectivity index (χ2v) is 5.63. The number of aryl methyl sites for hydroxylation is 1. The van der Waals surface area contributed by atoms with E-state index in [2.05, 4.69) is 24.4 Å². The summed E-state index contributed by atoms with van der Waals surface area (Å²) in [6.07, 6.45) is 8.37. The highest BCUT2D eigenvalue weighted by Crippen LogP contribution is 2.26. The van der Waals surface area contributed by atoms with Crippen molar-refractivity contribution in [2.24, 2.45) is 5.92 Å². The molecule has 0 heterocycles. The van der Waals surface area contributed by atoms with Gasteiger partial charge in [0.05, 0.1) is 10.7 Å². The van der Waals surface area contributed by atoms with Gasteiger partial charge in [-0.15, -0.1) is 0 Å². The van der Waals surface area contributed by atoms with Gasteiger partial charge in [0, 0.05) is 6.54 Å². The first-order chi connectivity index (χ1) is 8.25. The van der Waals surface area contributed by atoms with Crippen LogP contribution in [0.2, 0.25) is 5.02 Å². The van der Waals surface area contributed by atoms with Gasteiger partial charge in [-0.3, -0.25) is 0 Å². The van der Waals surface area contributed by atoms with Gasteiger partial charge in [-0.25, -0.2) is 0 Å². The maximum absolute atomic E-state index is 6.18. The zero-order valence-electron chi connectivity index (χ0n) is 10.6. The summed E-state index contributed by atoms with van der Waals surface area (Å²) in [5, 5.41) is 4.36. The minimum Gasteiger partial charge on any atom is -0.384 e. The van der Waals surface area contributed by atoms with E-state index in [1.165, 1.54) is 44.1 Å². The van der Waals surface area contributed by atoms with E-state index in [1.807, 2.05) is 6.07 Å². The zero-order valence-corrected chi connectivity index (χ0v) is 11.4. The summed E-state index contributed by atoms with van der Waals surface area (Å²) in [7, 11) is 0. The van der Waals surface area contributed by atoms with Crippen molar-refractivity contribution in [3.63, 3.8) is 0 Å². The van der Waals surface area contributed by atoms with Crippen LogP contribution in [0.25, 0.3) is 0 Å². The zero-order chi connectivity index (χ0) is 12.1. The molecule has 1 fully saturated rings. The molecule has 0 aromatic heterocycles. The molecule has 2 rings (SSSR count). The molecule has 0 atom stereocenters. The van der Waals surface area contributed by atoms with Gasteiger partial charge in [0.25, 0.3) is 0 Å². The highest BCUT2D eigenvalue weighted by atomic mass is 35.5. The minimum atomic E-state index is 0.828. The Morgan fingerprint density at radius 2 is 1.88 bits per heavy atom. The summed E-state index contributed by atoms with van der Waals surface area (Å²) in [6, 6.07) is 6.17. The van der Waals surface area contributed by atoms with Crippen LogP contribution >= 0.6 is 11.6 Å². The van der Waals surface area contributed by atoms with Crippen molar-refractivity contribution >= 4 is 17.3 Å². The molecule has 2 heteroatoms. The van der Waals surface area contributed by atoms with Gasteiger partial charge in [-0.05, 0) is 43.4 Å². The highest BCUT2D eigenvalue weighted by molar-refractivity contribution is 6.33. The Labute approximate surface area is 110 Å². The molecule has 1 saturated carbocycles. The van der Waals surface area contributed by atoms with E-state index in [9.17, 15) is 0 Å². The molecule has 1 aromatic rings. The topological polar surface area (TPSA) is 12.0 Å². The second-order valence-electron chi connectivity index (χ2n) is 5.22. The minimum absolute atomic E-state index is 0.828. The van der Waals surface area contributed by atoms with Crippen molar-refractivity contribution in [2.45, 2.75) is 45.4 Å². The van der Waals surface area contributed by atoms with Crippen molar-refractivity contribution in [3.05, 3.63) is 28.8 Å². The predicted octanol–water partition coefficient (Wildman–Crippen LogP) is 5.03. The van der Waals surface area contributed by atoms with Crippen LogP contribution in [0.5, 0.6) is 0 Å². The van der Waals surface area contributed by atoms with Gasteiger partial charge in [-0.2, -0.15) is 0 Å². The van der Waals surface area contributed by atoms with Gasteiger partial charge in [-0.1, -0.05) is 43.4 Å². The van der Waals surface area contributed by atoms with Gasteiger partial charge < -0.3 is 5.32 Å². The summed E-state index contributed by atoms with van der Waals surface area (Å²) in [6.45, 7) is 3.18. The molecule has 1 aromatic carbocycles. The summed E-state index contributed by atoms with van der Waals surface area (Å²) in [5.41, 5.74) is 2.36. The number of hydrogen-bond acceptors (Lipinski definition) is 1. The molecule has 1 N–H and O–H groups in total. The SMILES string of the molecule is Cc1ccc(Cl)c(NCC2CCCCCC2)c1. The maximum Gasteiger partial charge on any atom is 0.0637 e. The average molecular weight is 252 g/mol. The molecule has 0 unspecified atom stereocenters. The lowest BCUT2D eigenvalue weighted by atomic mass is 10.0.